The van der Waals surface area contributed by atoms with Crippen molar-refractivity contribution in [3.63, 3.8) is 0 Å². The van der Waals surface area contributed by atoms with Crippen molar-refractivity contribution >= 4 is 16.9 Å². The fraction of sp³-hybridized carbons (Fsp3) is 0.385. The summed E-state index contributed by atoms with van der Waals surface area (Å²) < 4.78 is 0. The van der Waals surface area contributed by atoms with Gasteiger partial charge in [-0.3, -0.25) is 4.98 Å². The predicted molar refractivity (Wildman–Crippen MR) is 68.9 cm³/mol. The SMILES string of the molecule is CC(O)CCCNc1cnc2ccccc2n1. The van der Waals surface area contributed by atoms with Gasteiger partial charge in [0, 0.05) is 6.54 Å². The van der Waals surface area contributed by atoms with Gasteiger partial charge in [-0.15, -0.1) is 0 Å². The third kappa shape index (κ3) is 3.39. The van der Waals surface area contributed by atoms with Crippen molar-refractivity contribution in [2.75, 3.05) is 11.9 Å². The first-order valence-electron chi connectivity index (χ1n) is 5.89. The van der Waals surface area contributed by atoms with Gasteiger partial charge >= 0.3 is 0 Å². The van der Waals surface area contributed by atoms with Crippen LogP contribution in [0.5, 0.6) is 0 Å². The van der Waals surface area contributed by atoms with Crippen LogP contribution in [0.4, 0.5) is 5.82 Å². The summed E-state index contributed by atoms with van der Waals surface area (Å²) >= 11 is 0. The summed E-state index contributed by atoms with van der Waals surface area (Å²) in [4.78, 5) is 8.78. The Labute approximate surface area is 101 Å². The molecule has 0 aliphatic heterocycles. The number of hydrogen-bond acceptors (Lipinski definition) is 4. The number of aliphatic hydroxyl groups excluding tert-OH is 1. The molecule has 17 heavy (non-hydrogen) atoms. The van der Waals surface area contributed by atoms with E-state index in [1.807, 2.05) is 24.3 Å². The molecule has 0 aliphatic rings. The van der Waals surface area contributed by atoms with Crippen LogP contribution in [0.15, 0.2) is 30.5 Å². The highest BCUT2D eigenvalue weighted by atomic mass is 16.3. The van der Waals surface area contributed by atoms with E-state index in [9.17, 15) is 0 Å². The maximum atomic E-state index is 9.14. The second-order valence-electron chi connectivity index (χ2n) is 4.16. The molecule has 1 unspecified atom stereocenters. The Hall–Kier alpha value is -1.68. The van der Waals surface area contributed by atoms with Crippen LogP contribution in [-0.2, 0) is 0 Å². The highest BCUT2D eigenvalue weighted by Crippen LogP contribution is 2.11. The maximum absolute atomic E-state index is 9.14. The number of anilines is 1. The summed E-state index contributed by atoms with van der Waals surface area (Å²) in [7, 11) is 0. The van der Waals surface area contributed by atoms with E-state index >= 15 is 0 Å². The number of para-hydroxylation sites is 2. The quantitative estimate of drug-likeness (QED) is 0.774. The summed E-state index contributed by atoms with van der Waals surface area (Å²) in [6.07, 6.45) is 3.23. The van der Waals surface area contributed by atoms with Crippen molar-refractivity contribution in [2.24, 2.45) is 0 Å². The number of hydrogen-bond donors (Lipinski definition) is 2. The molecule has 0 saturated heterocycles. The largest absolute Gasteiger partial charge is 0.393 e. The minimum atomic E-state index is -0.237. The van der Waals surface area contributed by atoms with Crippen LogP contribution in [0.25, 0.3) is 11.0 Å². The Kier molecular flexibility index (Phi) is 3.88. The van der Waals surface area contributed by atoms with Crippen LogP contribution in [0.1, 0.15) is 19.8 Å². The molecule has 0 radical (unpaired) electrons. The zero-order valence-corrected chi connectivity index (χ0v) is 9.93. The van der Waals surface area contributed by atoms with Crippen LogP contribution in [0, 0.1) is 0 Å². The molecule has 1 atom stereocenters. The second kappa shape index (κ2) is 5.59. The monoisotopic (exact) mass is 231 g/mol. The third-order valence-corrected chi connectivity index (χ3v) is 2.55. The molecule has 2 N–H and O–H groups in total. The molecule has 2 rings (SSSR count). The molecule has 1 heterocycles. The lowest BCUT2D eigenvalue weighted by molar-refractivity contribution is 0.183. The van der Waals surface area contributed by atoms with Crippen LogP contribution >= 0.6 is 0 Å². The lowest BCUT2D eigenvalue weighted by Gasteiger charge is -2.07. The first kappa shape index (κ1) is 11.8. The van der Waals surface area contributed by atoms with Crippen molar-refractivity contribution in [3.8, 4) is 0 Å². The fourth-order valence-electron chi connectivity index (χ4n) is 1.66. The average molecular weight is 231 g/mol. The summed E-state index contributed by atoms with van der Waals surface area (Å²) in [6.45, 7) is 2.60. The van der Waals surface area contributed by atoms with Gasteiger partial charge in [-0.1, -0.05) is 12.1 Å². The Balaban J connectivity index is 1.95. The van der Waals surface area contributed by atoms with Gasteiger partial charge in [0.15, 0.2) is 0 Å². The van der Waals surface area contributed by atoms with E-state index in [1.165, 1.54) is 0 Å². The Morgan fingerprint density at radius 2 is 2.06 bits per heavy atom. The molecule has 4 heteroatoms. The smallest absolute Gasteiger partial charge is 0.145 e. The van der Waals surface area contributed by atoms with Crippen LogP contribution in [0.2, 0.25) is 0 Å². The highest BCUT2D eigenvalue weighted by molar-refractivity contribution is 5.75. The van der Waals surface area contributed by atoms with Crippen LogP contribution in [-0.4, -0.2) is 27.7 Å². The van der Waals surface area contributed by atoms with E-state index in [4.69, 9.17) is 5.11 Å². The zero-order chi connectivity index (χ0) is 12.1. The van der Waals surface area contributed by atoms with Crippen molar-refractivity contribution in [3.05, 3.63) is 30.5 Å². The summed E-state index contributed by atoms with van der Waals surface area (Å²) in [5, 5.41) is 12.3. The number of benzene rings is 1. The standard InChI is InChI=1S/C13H17N3O/c1-10(17)5-4-8-14-13-9-15-11-6-2-3-7-12(11)16-13/h2-3,6-7,9-10,17H,4-5,8H2,1H3,(H,14,16). The van der Waals surface area contributed by atoms with E-state index in [0.29, 0.717) is 0 Å². The number of nitrogens with one attached hydrogen (secondary N) is 1. The van der Waals surface area contributed by atoms with Crippen molar-refractivity contribution in [2.45, 2.75) is 25.9 Å². The summed E-state index contributed by atoms with van der Waals surface area (Å²) in [5.41, 5.74) is 1.80. The Morgan fingerprint density at radius 1 is 1.29 bits per heavy atom. The lowest BCUT2D eigenvalue weighted by Crippen LogP contribution is -2.07. The zero-order valence-electron chi connectivity index (χ0n) is 9.93. The molecule has 0 bridgehead atoms. The van der Waals surface area contributed by atoms with Crippen LogP contribution in [0.3, 0.4) is 0 Å². The molecule has 90 valence electrons. The molecule has 4 nitrogen and oxygen atoms in total. The number of rotatable bonds is 5. The number of fused-ring (bicyclic) bond motifs is 1. The first-order chi connectivity index (χ1) is 8.25. The second-order valence-corrected chi connectivity index (χ2v) is 4.16. The normalized spacial score (nSPS) is 12.6. The van der Waals surface area contributed by atoms with Gasteiger partial charge in [0.2, 0.25) is 0 Å². The maximum Gasteiger partial charge on any atom is 0.145 e. The molecule has 1 aromatic carbocycles. The number of nitrogens with zero attached hydrogens (tertiary/aromatic N) is 2. The minimum absolute atomic E-state index is 0.237. The molecular formula is C13H17N3O. The van der Waals surface area contributed by atoms with E-state index in [1.54, 1.807) is 13.1 Å². The van der Waals surface area contributed by atoms with Gasteiger partial charge < -0.3 is 10.4 Å². The molecular weight excluding hydrogens is 214 g/mol. The Morgan fingerprint density at radius 3 is 2.82 bits per heavy atom. The summed E-state index contributed by atoms with van der Waals surface area (Å²) in [5.74, 6) is 0.786. The molecule has 0 fully saturated rings. The minimum Gasteiger partial charge on any atom is -0.393 e. The van der Waals surface area contributed by atoms with E-state index in [0.717, 1.165) is 36.2 Å². The van der Waals surface area contributed by atoms with Crippen molar-refractivity contribution in [1.82, 2.24) is 9.97 Å². The van der Waals surface area contributed by atoms with Crippen LogP contribution < -0.4 is 5.32 Å². The molecule has 1 aromatic heterocycles. The topological polar surface area (TPSA) is 58.0 Å². The van der Waals surface area contributed by atoms with Gasteiger partial charge in [0.25, 0.3) is 0 Å². The van der Waals surface area contributed by atoms with Gasteiger partial charge in [0.1, 0.15) is 5.82 Å². The van der Waals surface area contributed by atoms with Gasteiger partial charge in [-0.2, -0.15) is 0 Å². The van der Waals surface area contributed by atoms with E-state index in [-0.39, 0.29) is 6.10 Å². The van der Waals surface area contributed by atoms with Crippen molar-refractivity contribution in [1.29, 1.82) is 0 Å². The van der Waals surface area contributed by atoms with Gasteiger partial charge in [-0.05, 0) is 31.9 Å². The molecule has 0 spiro atoms. The van der Waals surface area contributed by atoms with E-state index in [2.05, 4.69) is 15.3 Å². The van der Waals surface area contributed by atoms with Crippen molar-refractivity contribution < 1.29 is 5.11 Å². The number of aliphatic hydroxyl groups is 1. The number of aromatic nitrogens is 2. The highest BCUT2D eigenvalue weighted by Gasteiger charge is 1.99. The Bertz CT molecular complexity index is 485. The third-order valence-electron chi connectivity index (χ3n) is 2.55. The molecule has 0 saturated carbocycles. The first-order valence-corrected chi connectivity index (χ1v) is 5.89. The van der Waals surface area contributed by atoms with E-state index < -0.39 is 0 Å². The fourth-order valence-corrected chi connectivity index (χ4v) is 1.66. The molecule has 0 aliphatic carbocycles. The lowest BCUT2D eigenvalue weighted by atomic mass is 10.2. The van der Waals surface area contributed by atoms with Gasteiger partial charge in [0.05, 0.1) is 23.3 Å². The average Bonchev–Trinajstić information content (AvgIpc) is 2.34. The molecule has 0 amide bonds. The summed E-state index contributed by atoms with van der Waals surface area (Å²) in [6, 6.07) is 7.80. The predicted octanol–water partition coefficient (Wildman–Crippen LogP) is 2.20. The molecule has 2 aromatic rings. The van der Waals surface area contributed by atoms with Gasteiger partial charge in [-0.25, -0.2) is 4.98 Å².